The maximum absolute atomic E-state index is 12.4. The number of para-hydroxylation sites is 1. The maximum atomic E-state index is 12.4. The molecule has 0 aliphatic rings. The first-order valence-electron chi connectivity index (χ1n) is 8.22. The first-order chi connectivity index (χ1) is 13.3. The molecule has 0 unspecified atom stereocenters. The molecule has 0 aliphatic heterocycles. The average Bonchev–Trinajstić information content (AvgIpc) is 3.18. The Morgan fingerprint density at radius 1 is 1.04 bits per heavy atom. The molecule has 0 fully saturated rings. The van der Waals surface area contributed by atoms with Gasteiger partial charge in [-0.3, -0.25) is 4.79 Å². The minimum atomic E-state index is -0.238. The Hall–Kier alpha value is -2.90. The zero-order valence-electron chi connectivity index (χ0n) is 14.2. The Morgan fingerprint density at radius 2 is 1.85 bits per heavy atom. The van der Waals surface area contributed by atoms with Crippen LogP contribution >= 0.6 is 23.1 Å². The molecule has 0 bridgehead atoms. The predicted octanol–water partition coefficient (Wildman–Crippen LogP) is 4.86. The number of fused-ring (bicyclic) bond motifs is 1. The normalized spacial score (nSPS) is 10.7. The molecule has 0 aliphatic carbocycles. The molecule has 2 heterocycles. The van der Waals surface area contributed by atoms with Gasteiger partial charge in [-0.05, 0) is 35.7 Å². The lowest BCUT2D eigenvalue weighted by molar-refractivity contribution is -0.118. The zero-order chi connectivity index (χ0) is 18.5. The molecule has 27 heavy (non-hydrogen) atoms. The van der Waals surface area contributed by atoms with E-state index in [1.807, 2.05) is 66.0 Å². The standard InChI is InChI=1S/C20H15N3O2S2/c24-18(12-25-19-15-10-11-26-20(15)22-13-21-19)23-16-8-4-5-9-17(16)27-14-6-2-1-3-7-14/h1-11,13H,12H2,(H,23,24). The summed E-state index contributed by atoms with van der Waals surface area (Å²) in [5.41, 5.74) is 0.753. The molecular weight excluding hydrogens is 378 g/mol. The van der Waals surface area contributed by atoms with Gasteiger partial charge in [0.05, 0.1) is 11.1 Å². The predicted molar refractivity (Wildman–Crippen MR) is 109 cm³/mol. The smallest absolute Gasteiger partial charge is 0.262 e. The Morgan fingerprint density at radius 3 is 2.74 bits per heavy atom. The van der Waals surface area contributed by atoms with Gasteiger partial charge in [0.25, 0.3) is 5.91 Å². The van der Waals surface area contributed by atoms with Crippen molar-refractivity contribution in [1.82, 2.24) is 9.97 Å². The highest BCUT2D eigenvalue weighted by Gasteiger charge is 2.11. The van der Waals surface area contributed by atoms with E-state index in [2.05, 4.69) is 15.3 Å². The first kappa shape index (κ1) is 17.5. The number of hydrogen-bond acceptors (Lipinski definition) is 6. The lowest BCUT2D eigenvalue weighted by Crippen LogP contribution is -2.20. The molecule has 2 aromatic heterocycles. The number of aromatic nitrogens is 2. The molecule has 0 spiro atoms. The van der Waals surface area contributed by atoms with Crippen molar-refractivity contribution in [2.24, 2.45) is 0 Å². The molecule has 4 rings (SSSR count). The third-order valence-electron chi connectivity index (χ3n) is 3.70. The summed E-state index contributed by atoms with van der Waals surface area (Å²) in [7, 11) is 0. The highest BCUT2D eigenvalue weighted by molar-refractivity contribution is 7.99. The summed E-state index contributed by atoms with van der Waals surface area (Å²) in [4.78, 5) is 23.6. The fraction of sp³-hybridized carbons (Fsp3) is 0.0500. The fourth-order valence-electron chi connectivity index (χ4n) is 2.48. The molecular formula is C20H15N3O2S2. The number of carbonyl (C=O) groups excluding carboxylic acids is 1. The zero-order valence-corrected chi connectivity index (χ0v) is 15.8. The molecule has 0 atom stereocenters. The van der Waals surface area contributed by atoms with E-state index in [-0.39, 0.29) is 12.5 Å². The van der Waals surface area contributed by atoms with Gasteiger partial charge < -0.3 is 10.1 Å². The lowest BCUT2D eigenvalue weighted by Gasteiger charge is -2.11. The fourth-order valence-corrected chi connectivity index (χ4v) is 4.12. The van der Waals surface area contributed by atoms with Gasteiger partial charge in [0.2, 0.25) is 5.88 Å². The monoisotopic (exact) mass is 393 g/mol. The van der Waals surface area contributed by atoms with E-state index in [9.17, 15) is 4.79 Å². The van der Waals surface area contributed by atoms with Crippen molar-refractivity contribution in [3.8, 4) is 5.88 Å². The summed E-state index contributed by atoms with van der Waals surface area (Å²) in [6.45, 7) is -0.119. The number of carbonyl (C=O) groups is 1. The second-order valence-corrected chi connectivity index (χ2v) is 7.58. The molecule has 4 aromatic rings. The molecule has 5 nitrogen and oxygen atoms in total. The van der Waals surface area contributed by atoms with Crippen LogP contribution in [0.15, 0.2) is 82.2 Å². The van der Waals surface area contributed by atoms with Crippen LogP contribution in [0.25, 0.3) is 10.2 Å². The van der Waals surface area contributed by atoms with E-state index >= 15 is 0 Å². The van der Waals surface area contributed by atoms with E-state index < -0.39 is 0 Å². The highest BCUT2D eigenvalue weighted by atomic mass is 32.2. The summed E-state index contributed by atoms with van der Waals surface area (Å²) in [5, 5.41) is 5.65. The summed E-state index contributed by atoms with van der Waals surface area (Å²) in [6.07, 6.45) is 1.44. The van der Waals surface area contributed by atoms with Crippen LogP contribution in [0.1, 0.15) is 0 Å². The number of ether oxygens (including phenoxy) is 1. The van der Waals surface area contributed by atoms with Crippen molar-refractivity contribution in [1.29, 1.82) is 0 Å². The van der Waals surface area contributed by atoms with Crippen molar-refractivity contribution in [2.45, 2.75) is 9.79 Å². The molecule has 2 aromatic carbocycles. The van der Waals surface area contributed by atoms with Crippen LogP contribution < -0.4 is 10.1 Å². The molecule has 134 valence electrons. The van der Waals surface area contributed by atoms with Crippen molar-refractivity contribution in [2.75, 3.05) is 11.9 Å². The minimum absolute atomic E-state index is 0.119. The lowest BCUT2D eigenvalue weighted by atomic mass is 10.3. The maximum Gasteiger partial charge on any atom is 0.262 e. The number of benzene rings is 2. The van der Waals surface area contributed by atoms with E-state index in [1.165, 1.54) is 17.7 Å². The highest BCUT2D eigenvalue weighted by Crippen LogP contribution is 2.33. The van der Waals surface area contributed by atoms with Crippen molar-refractivity contribution >= 4 is 44.9 Å². The minimum Gasteiger partial charge on any atom is -0.467 e. The van der Waals surface area contributed by atoms with Gasteiger partial charge >= 0.3 is 0 Å². The van der Waals surface area contributed by atoms with Gasteiger partial charge in [-0.25, -0.2) is 9.97 Å². The quantitative estimate of drug-likeness (QED) is 0.507. The van der Waals surface area contributed by atoms with Crippen LogP contribution in [-0.2, 0) is 4.79 Å². The van der Waals surface area contributed by atoms with Crippen molar-refractivity contribution < 1.29 is 9.53 Å². The number of hydrogen-bond donors (Lipinski definition) is 1. The van der Waals surface area contributed by atoms with Crippen LogP contribution in [-0.4, -0.2) is 22.5 Å². The summed E-state index contributed by atoms with van der Waals surface area (Å²) in [6, 6.07) is 19.6. The number of nitrogens with zero attached hydrogens (tertiary/aromatic N) is 2. The number of amides is 1. The van der Waals surface area contributed by atoms with E-state index in [0.717, 1.165) is 25.7 Å². The third kappa shape index (κ3) is 4.27. The second-order valence-electron chi connectivity index (χ2n) is 5.57. The van der Waals surface area contributed by atoms with Gasteiger partial charge in [0.15, 0.2) is 6.61 Å². The molecule has 1 amide bonds. The molecule has 0 saturated carbocycles. The van der Waals surface area contributed by atoms with Gasteiger partial charge in [0, 0.05) is 9.79 Å². The largest absolute Gasteiger partial charge is 0.467 e. The Bertz CT molecular complexity index is 1070. The number of thiophene rings is 1. The molecule has 0 saturated heterocycles. The van der Waals surface area contributed by atoms with E-state index in [0.29, 0.717) is 5.88 Å². The van der Waals surface area contributed by atoms with Gasteiger partial charge in [0.1, 0.15) is 11.2 Å². The SMILES string of the molecule is O=C(COc1ncnc2sccc12)Nc1ccccc1Sc1ccccc1. The van der Waals surface area contributed by atoms with E-state index in [4.69, 9.17) is 4.74 Å². The van der Waals surface area contributed by atoms with Gasteiger partial charge in [-0.1, -0.05) is 42.1 Å². The third-order valence-corrected chi connectivity index (χ3v) is 5.60. The van der Waals surface area contributed by atoms with Crippen LogP contribution in [0.3, 0.4) is 0 Å². The summed E-state index contributed by atoms with van der Waals surface area (Å²) >= 11 is 3.11. The summed E-state index contributed by atoms with van der Waals surface area (Å²) < 4.78 is 5.61. The summed E-state index contributed by atoms with van der Waals surface area (Å²) in [5.74, 6) is 0.182. The Kier molecular flexibility index (Phi) is 5.32. The number of anilines is 1. The van der Waals surface area contributed by atoms with Crippen LogP contribution in [0.2, 0.25) is 0 Å². The molecule has 1 N–H and O–H groups in total. The second kappa shape index (κ2) is 8.20. The van der Waals surface area contributed by atoms with E-state index in [1.54, 1.807) is 11.8 Å². The van der Waals surface area contributed by atoms with Crippen molar-refractivity contribution in [3.63, 3.8) is 0 Å². The molecule has 0 radical (unpaired) electrons. The average molecular weight is 393 g/mol. The van der Waals surface area contributed by atoms with Crippen LogP contribution in [0.4, 0.5) is 5.69 Å². The molecule has 7 heteroatoms. The Balaban J connectivity index is 1.43. The Labute approximate surface area is 164 Å². The number of nitrogens with one attached hydrogen (secondary N) is 1. The van der Waals surface area contributed by atoms with Crippen molar-refractivity contribution in [3.05, 3.63) is 72.4 Å². The first-order valence-corrected chi connectivity index (χ1v) is 9.92. The van der Waals surface area contributed by atoms with Crippen LogP contribution in [0.5, 0.6) is 5.88 Å². The van der Waals surface area contributed by atoms with Gasteiger partial charge in [-0.2, -0.15) is 0 Å². The topological polar surface area (TPSA) is 64.1 Å². The van der Waals surface area contributed by atoms with Gasteiger partial charge in [-0.15, -0.1) is 11.3 Å². The van der Waals surface area contributed by atoms with Crippen LogP contribution in [0, 0.1) is 0 Å². The number of rotatable bonds is 6.